The van der Waals surface area contributed by atoms with Crippen LogP contribution in [0.25, 0.3) is 0 Å². The fraction of sp³-hybridized carbons (Fsp3) is 0.923. The third-order valence-corrected chi connectivity index (χ3v) is 3.24. The molecule has 2 atom stereocenters. The number of nitrogens with one attached hydrogen (secondary N) is 1. The smallest absolute Gasteiger partial charge is 0.238 e. The topological polar surface area (TPSA) is 76.8 Å². The second kappa shape index (κ2) is 9.25. The standard InChI is InChI=1S/C13H29N3O3/c1-6-15-13(3,12(14)17)10-16(7-8-18-4)11(2)9-19-5/h11,15H,6-10H2,1-5H3,(H2,14,17). The van der Waals surface area contributed by atoms with Gasteiger partial charge in [0.15, 0.2) is 0 Å². The zero-order valence-electron chi connectivity index (χ0n) is 12.9. The molecule has 0 saturated carbocycles. The van der Waals surface area contributed by atoms with E-state index >= 15 is 0 Å². The maximum atomic E-state index is 11.7. The van der Waals surface area contributed by atoms with Gasteiger partial charge in [-0.25, -0.2) is 0 Å². The van der Waals surface area contributed by atoms with E-state index in [0.717, 1.165) is 6.54 Å². The minimum Gasteiger partial charge on any atom is -0.383 e. The van der Waals surface area contributed by atoms with Crippen LogP contribution in [0.2, 0.25) is 0 Å². The van der Waals surface area contributed by atoms with Gasteiger partial charge in [-0.3, -0.25) is 9.69 Å². The number of hydrogen-bond donors (Lipinski definition) is 2. The Labute approximate surface area is 116 Å². The zero-order valence-corrected chi connectivity index (χ0v) is 12.9. The van der Waals surface area contributed by atoms with Crippen LogP contribution >= 0.6 is 0 Å². The summed E-state index contributed by atoms with van der Waals surface area (Å²) in [5.41, 5.74) is 4.77. The molecule has 6 heteroatoms. The van der Waals surface area contributed by atoms with Gasteiger partial charge in [0.2, 0.25) is 5.91 Å². The van der Waals surface area contributed by atoms with Crippen molar-refractivity contribution in [2.24, 2.45) is 5.73 Å². The van der Waals surface area contributed by atoms with Gasteiger partial charge in [0, 0.05) is 33.4 Å². The third kappa shape index (κ3) is 6.33. The maximum Gasteiger partial charge on any atom is 0.238 e. The zero-order chi connectivity index (χ0) is 14.9. The molecule has 3 N–H and O–H groups in total. The van der Waals surface area contributed by atoms with Gasteiger partial charge in [0.25, 0.3) is 0 Å². The number of ether oxygens (including phenoxy) is 2. The highest BCUT2D eigenvalue weighted by atomic mass is 16.5. The van der Waals surface area contributed by atoms with Crippen LogP contribution in [-0.4, -0.2) is 69.5 Å². The van der Waals surface area contributed by atoms with Gasteiger partial charge in [-0.15, -0.1) is 0 Å². The molecule has 0 aromatic rings. The summed E-state index contributed by atoms with van der Waals surface area (Å²) in [5.74, 6) is -0.346. The van der Waals surface area contributed by atoms with Crippen LogP contribution in [0, 0.1) is 0 Å². The lowest BCUT2D eigenvalue weighted by Gasteiger charge is -2.36. The van der Waals surface area contributed by atoms with E-state index in [1.807, 2.05) is 13.8 Å². The molecule has 114 valence electrons. The van der Waals surface area contributed by atoms with E-state index in [4.69, 9.17) is 15.2 Å². The minimum atomic E-state index is -0.746. The predicted molar refractivity (Wildman–Crippen MR) is 76.1 cm³/mol. The largest absolute Gasteiger partial charge is 0.383 e. The summed E-state index contributed by atoms with van der Waals surface area (Å²) in [4.78, 5) is 13.8. The van der Waals surface area contributed by atoms with E-state index in [-0.39, 0.29) is 11.9 Å². The highest BCUT2D eigenvalue weighted by Gasteiger charge is 2.33. The normalized spacial score (nSPS) is 16.3. The lowest BCUT2D eigenvalue weighted by Crippen LogP contribution is -2.61. The van der Waals surface area contributed by atoms with E-state index < -0.39 is 5.54 Å². The fourth-order valence-corrected chi connectivity index (χ4v) is 2.03. The highest BCUT2D eigenvalue weighted by molar-refractivity contribution is 5.84. The Bertz CT molecular complexity index is 264. The Kier molecular flexibility index (Phi) is 8.92. The molecule has 0 aliphatic rings. The molecule has 0 aromatic heterocycles. The molecule has 0 aliphatic heterocycles. The molecule has 0 aliphatic carbocycles. The number of likely N-dealkylation sites (N-methyl/N-ethyl adjacent to an activating group) is 1. The van der Waals surface area contributed by atoms with E-state index in [9.17, 15) is 4.79 Å². The van der Waals surface area contributed by atoms with Gasteiger partial charge >= 0.3 is 0 Å². The molecule has 0 saturated heterocycles. The molecule has 0 spiro atoms. The highest BCUT2D eigenvalue weighted by Crippen LogP contribution is 2.10. The van der Waals surface area contributed by atoms with Gasteiger partial charge in [0.05, 0.1) is 13.2 Å². The van der Waals surface area contributed by atoms with E-state index in [1.54, 1.807) is 14.2 Å². The molecule has 0 rings (SSSR count). The number of carbonyl (C=O) groups is 1. The summed E-state index contributed by atoms with van der Waals surface area (Å²) in [7, 11) is 3.33. The van der Waals surface area contributed by atoms with Crippen molar-refractivity contribution in [1.29, 1.82) is 0 Å². The van der Waals surface area contributed by atoms with Crippen molar-refractivity contribution in [2.75, 3.05) is 47.1 Å². The molecule has 0 fully saturated rings. The van der Waals surface area contributed by atoms with Gasteiger partial charge in [-0.1, -0.05) is 6.92 Å². The molecule has 0 radical (unpaired) electrons. The molecule has 6 nitrogen and oxygen atoms in total. The number of hydrogen-bond acceptors (Lipinski definition) is 5. The Morgan fingerprint density at radius 3 is 2.47 bits per heavy atom. The van der Waals surface area contributed by atoms with Gasteiger partial charge < -0.3 is 20.5 Å². The SMILES string of the molecule is CCNC(C)(CN(CCOC)C(C)COC)C(N)=O. The molecule has 0 bridgehead atoms. The van der Waals surface area contributed by atoms with Crippen molar-refractivity contribution in [3.05, 3.63) is 0 Å². The molecular formula is C13H29N3O3. The lowest BCUT2D eigenvalue weighted by molar-refractivity contribution is -0.125. The Morgan fingerprint density at radius 1 is 1.42 bits per heavy atom. The third-order valence-electron chi connectivity index (χ3n) is 3.24. The summed E-state index contributed by atoms with van der Waals surface area (Å²) in [6, 6.07) is 0.192. The second-order valence-electron chi connectivity index (χ2n) is 4.99. The van der Waals surface area contributed by atoms with Crippen molar-refractivity contribution < 1.29 is 14.3 Å². The fourth-order valence-electron chi connectivity index (χ4n) is 2.03. The average molecular weight is 275 g/mol. The Morgan fingerprint density at radius 2 is 2.05 bits per heavy atom. The summed E-state index contributed by atoms with van der Waals surface area (Å²) in [5, 5.41) is 3.16. The van der Waals surface area contributed by atoms with Crippen molar-refractivity contribution in [2.45, 2.75) is 32.4 Å². The Hall–Kier alpha value is -0.690. The molecule has 1 amide bonds. The molecule has 0 aromatic carbocycles. The lowest BCUT2D eigenvalue weighted by atomic mass is 9.99. The number of carbonyl (C=O) groups excluding carboxylic acids is 1. The van der Waals surface area contributed by atoms with E-state index in [2.05, 4.69) is 17.1 Å². The molecule has 2 unspecified atom stereocenters. The number of nitrogens with two attached hydrogens (primary N) is 1. The van der Waals surface area contributed by atoms with Crippen molar-refractivity contribution in [3.8, 4) is 0 Å². The van der Waals surface area contributed by atoms with Gasteiger partial charge in [0.1, 0.15) is 5.54 Å². The summed E-state index contributed by atoms with van der Waals surface area (Å²) >= 11 is 0. The van der Waals surface area contributed by atoms with Crippen molar-refractivity contribution in [3.63, 3.8) is 0 Å². The minimum absolute atomic E-state index is 0.192. The molecule has 19 heavy (non-hydrogen) atoms. The summed E-state index contributed by atoms with van der Waals surface area (Å²) in [6.07, 6.45) is 0. The van der Waals surface area contributed by atoms with Crippen LogP contribution in [0.4, 0.5) is 0 Å². The van der Waals surface area contributed by atoms with Crippen LogP contribution < -0.4 is 11.1 Å². The first-order valence-electron chi connectivity index (χ1n) is 6.68. The molecular weight excluding hydrogens is 246 g/mol. The van der Waals surface area contributed by atoms with Crippen LogP contribution in [0.5, 0.6) is 0 Å². The van der Waals surface area contributed by atoms with E-state index in [1.165, 1.54) is 0 Å². The van der Waals surface area contributed by atoms with Crippen molar-refractivity contribution in [1.82, 2.24) is 10.2 Å². The van der Waals surface area contributed by atoms with Crippen LogP contribution in [0.1, 0.15) is 20.8 Å². The second-order valence-corrected chi connectivity index (χ2v) is 4.99. The summed E-state index contributed by atoms with van der Waals surface area (Å²) in [6.45, 7) is 9.01. The summed E-state index contributed by atoms with van der Waals surface area (Å²) < 4.78 is 10.3. The number of rotatable bonds is 11. The number of nitrogens with zero attached hydrogens (tertiary/aromatic N) is 1. The van der Waals surface area contributed by atoms with Crippen molar-refractivity contribution >= 4 is 5.91 Å². The van der Waals surface area contributed by atoms with Gasteiger partial charge in [-0.2, -0.15) is 0 Å². The Balaban J connectivity index is 4.78. The predicted octanol–water partition coefficient (Wildman–Crippen LogP) is -0.177. The number of primary amides is 1. The maximum absolute atomic E-state index is 11.7. The van der Waals surface area contributed by atoms with Gasteiger partial charge in [-0.05, 0) is 20.4 Å². The first-order chi connectivity index (χ1) is 8.91. The first kappa shape index (κ1) is 18.3. The monoisotopic (exact) mass is 275 g/mol. The van der Waals surface area contributed by atoms with Crippen LogP contribution in [-0.2, 0) is 14.3 Å². The van der Waals surface area contributed by atoms with Crippen LogP contribution in [0.15, 0.2) is 0 Å². The van der Waals surface area contributed by atoms with Crippen LogP contribution in [0.3, 0.4) is 0 Å². The quantitative estimate of drug-likeness (QED) is 0.547. The van der Waals surface area contributed by atoms with E-state index in [0.29, 0.717) is 26.3 Å². The molecule has 0 heterocycles. The number of methoxy groups -OCH3 is 2. The number of amides is 1. The first-order valence-corrected chi connectivity index (χ1v) is 6.68. The average Bonchev–Trinajstić information content (AvgIpc) is 2.34.